The van der Waals surface area contributed by atoms with E-state index in [2.05, 4.69) is 0 Å². The van der Waals surface area contributed by atoms with Crippen molar-refractivity contribution in [3.63, 3.8) is 0 Å². The largest absolute Gasteiger partial charge is 0.496 e. The molecule has 1 aromatic carbocycles. The van der Waals surface area contributed by atoms with Crippen LogP contribution in [-0.2, 0) is 0 Å². The number of hydrogen-bond donors (Lipinski definition) is 1. The summed E-state index contributed by atoms with van der Waals surface area (Å²) in [7, 11) is 3.13. The van der Waals surface area contributed by atoms with Crippen LogP contribution in [0.2, 0.25) is 0 Å². The molecule has 5 nitrogen and oxygen atoms in total. The Kier molecular flexibility index (Phi) is 5.29. The monoisotopic (exact) mass is 333 g/mol. The highest BCUT2D eigenvalue weighted by molar-refractivity contribution is 6.00. The summed E-state index contributed by atoms with van der Waals surface area (Å²) in [4.78, 5) is 15.2. The molecule has 5 heteroatoms. The van der Waals surface area contributed by atoms with Crippen LogP contribution in [0.25, 0.3) is 0 Å². The molecule has 1 aliphatic carbocycles. The minimum atomic E-state index is -0.295. The highest BCUT2D eigenvalue weighted by atomic mass is 16.5. The molecular formula is C19H27NO4. The highest BCUT2D eigenvalue weighted by Crippen LogP contribution is 2.37. The van der Waals surface area contributed by atoms with E-state index >= 15 is 0 Å². The van der Waals surface area contributed by atoms with Crippen LogP contribution in [0, 0.1) is 5.92 Å². The minimum Gasteiger partial charge on any atom is -0.496 e. The molecule has 1 N–H and O–H groups in total. The Hall–Kier alpha value is -1.75. The van der Waals surface area contributed by atoms with Gasteiger partial charge in [0.25, 0.3) is 5.91 Å². The third-order valence-corrected chi connectivity index (χ3v) is 5.48. The standard InChI is InChI=1S/C19H27NO4/c1-23-16-10-5-11-17(24-2)18(16)19(22)20-12-6-8-14(20)13-7-3-4-9-15(13)21/h5,10-11,13-15,21H,3-4,6-9,12H2,1-2H3/t13-,14+,15-/m0/s1. The van der Waals surface area contributed by atoms with Crippen LogP contribution in [0.15, 0.2) is 18.2 Å². The van der Waals surface area contributed by atoms with Crippen molar-refractivity contribution in [2.75, 3.05) is 20.8 Å². The zero-order valence-electron chi connectivity index (χ0n) is 14.5. The molecule has 3 atom stereocenters. The van der Waals surface area contributed by atoms with Gasteiger partial charge in [0, 0.05) is 18.5 Å². The molecule has 1 aromatic rings. The second-order valence-corrected chi connectivity index (χ2v) is 6.76. The van der Waals surface area contributed by atoms with E-state index in [1.165, 1.54) is 0 Å². The Morgan fingerprint density at radius 1 is 1.08 bits per heavy atom. The van der Waals surface area contributed by atoms with E-state index in [0.29, 0.717) is 17.1 Å². The van der Waals surface area contributed by atoms with Gasteiger partial charge in [0.15, 0.2) is 0 Å². The van der Waals surface area contributed by atoms with Crippen LogP contribution in [0.1, 0.15) is 48.9 Å². The molecule has 1 saturated carbocycles. The molecule has 0 spiro atoms. The summed E-state index contributed by atoms with van der Waals surface area (Å²) < 4.78 is 10.8. The van der Waals surface area contributed by atoms with Gasteiger partial charge in [-0.15, -0.1) is 0 Å². The molecule has 0 aromatic heterocycles. The second-order valence-electron chi connectivity index (χ2n) is 6.76. The fourth-order valence-electron chi connectivity index (χ4n) is 4.28. The van der Waals surface area contributed by atoms with Crippen molar-refractivity contribution < 1.29 is 19.4 Å². The van der Waals surface area contributed by atoms with Gasteiger partial charge >= 0.3 is 0 Å². The lowest BCUT2D eigenvalue weighted by Crippen LogP contribution is -2.45. The van der Waals surface area contributed by atoms with Crippen LogP contribution < -0.4 is 9.47 Å². The van der Waals surface area contributed by atoms with E-state index in [1.807, 2.05) is 11.0 Å². The lowest BCUT2D eigenvalue weighted by Gasteiger charge is -2.37. The molecule has 2 fully saturated rings. The first kappa shape index (κ1) is 17.1. The van der Waals surface area contributed by atoms with Crippen molar-refractivity contribution in [1.82, 2.24) is 4.90 Å². The molecule has 3 rings (SSSR count). The molecule has 1 heterocycles. The number of carbonyl (C=O) groups excluding carboxylic acids is 1. The molecule has 1 aliphatic heterocycles. The van der Waals surface area contributed by atoms with Crippen LogP contribution in [0.4, 0.5) is 0 Å². The summed E-state index contributed by atoms with van der Waals surface area (Å²) in [6.45, 7) is 0.730. The Labute approximate surface area is 143 Å². The number of carbonyl (C=O) groups is 1. The van der Waals surface area contributed by atoms with Gasteiger partial charge in [0.1, 0.15) is 17.1 Å². The predicted octanol–water partition coefficient (Wildman–Crippen LogP) is 2.86. The maximum absolute atomic E-state index is 13.3. The third kappa shape index (κ3) is 3.09. The number of rotatable bonds is 4. The zero-order valence-corrected chi connectivity index (χ0v) is 14.5. The lowest BCUT2D eigenvalue weighted by atomic mass is 9.80. The first-order valence-electron chi connectivity index (χ1n) is 8.87. The Morgan fingerprint density at radius 2 is 1.75 bits per heavy atom. The Morgan fingerprint density at radius 3 is 2.38 bits per heavy atom. The first-order chi connectivity index (χ1) is 11.7. The van der Waals surface area contributed by atoms with Gasteiger partial charge in [-0.1, -0.05) is 18.9 Å². The van der Waals surface area contributed by atoms with Crippen LogP contribution in [-0.4, -0.2) is 48.8 Å². The van der Waals surface area contributed by atoms with Crippen molar-refractivity contribution in [3.05, 3.63) is 23.8 Å². The fraction of sp³-hybridized carbons (Fsp3) is 0.632. The molecule has 0 radical (unpaired) electrons. The number of aliphatic hydroxyl groups is 1. The van der Waals surface area contributed by atoms with Gasteiger partial charge in [0.2, 0.25) is 0 Å². The number of hydrogen-bond acceptors (Lipinski definition) is 4. The summed E-state index contributed by atoms with van der Waals surface area (Å²) in [6.07, 6.45) is 5.72. The average molecular weight is 333 g/mol. The van der Waals surface area contributed by atoms with E-state index in [4.69, 9.17) is 9.47 Å². The van der Waals surface area contributed by atoms with E-state index < -0.39 is 0 Å². The number of nitrogens with zero attached hydrogens (tertiary/aromatic N) is 1. The van der Waals surface area contributed by atoms with Gasteiger partial charge < -0.3 is 19.5 Å². The van der Waals surface area contributed by atoms with Gasteiger partial charge in [-0.25, -0.2) is 0 Å². The molecule has 1 amide bonds. The summed E-state index contributed by atoms with van der Waals surface area (Å²) >= 11 is 0. The lowest BCUT2D eigenvalue weighted by molar-refractivity contribution is 0.0209. The normalized spacial score (nSPS) is 27.1. The van der Waals surface area contributed by atoms with E-state index in [9.17, 15) is 9.90 Å². The summed E-state index contributed by atoms with van der Waals surface area (Å²) in [6, 6.07) is 5.51. The topological polar surface area (TPSA) is 59.0 Å². The number of amides is 1. The van der Waals surface area contributed by atoms with Crippen LogP contribution in [0.5, 0.6) is 11.5 Å². The summed E-state index contributed by atoms with van der Waals surface area (Å²) in [5, 5.41) is 10.4. The Balaban J connectivity index is 1.89. The van der Waals surface area contributed by atoms with Crippen molar-refractivity contribution in [2.45, 2.75) is 50.7 Å². The zero-order chi connectivity index (χ0) is 17.1. The molecule has 2 aliphatic rings. The van der Waals surface area contributed by atoms with Gasteiger partial charge in [0.05, 0.1) is 20.3 Å². The number of aliphatic hydroxyl groups excluding tert-OH is 1. The molecule has 132 valence electrons. The van der Waals surface area contributed by atoms with E-state index in [1.54, 1.807) is 26.4 Å². The van der Waals surface area contributed by atoms with E-state index in [0.717, 1.165) is 45.1 Å². The van der Waals surface area contributed by atoms with E-state index in [-0.39, 0.29) is 24.0 Å². The molecule has 1 saturated heterocycles. The molecule has 0 unspecified atom stereocenters. The number of benzene rings is 1. The van der Waals surface area contributed by atoms with Crippen molar-refractivity contribution in [2.24, 2.45) is 5.92 Å². The Bertz CT molecular complexity index is 566. The van der Waals surface area contributed by atoms with Crippen molar-refractivity contribution >= 4 is 5.91 Å². The van der Waals surface area contributed by atoms with Crippen molar-refractivity contribution in [3.8, 4) is 11.5 Å². The van der Waals surface area contributed by atoms with Gasteiger partial charge in [-0.05, 0) is 37.8 Å². The first-order valence-corrected chi connectivity index (χ1v) is 8.87. The third-order valence-electron chi connectivity index (χ3n) is 5.48. The van der Waals surface area contributed by atoms with Crippen LogP contribution in [0.3, 0.4) is 0 Å². The number of likely N-dealkylation sites (tertiary alicyclic amines) is 1. The molecule has 0 bridgehead atoms. The maximum atomic E-state index is 13.3. The quantitative estimate of drug-likeness (QED) is 0.920. The molecular weight excluding hydrogens is 306 g/mol. The predicted molar refractivity (Wildman–Crippen MR) is 91.6 cm³/mol. The van der Waals surface area contributed by atoms with Gasteiger partial charge in [-0.3, -0.25) is 4.79 Å². The SMILES string of the molecule is COc1cccc(OC)c1C(=O)N1CCC[C@@H]1[C@@H]1CCCC[C@@H]1O. The highest BCUT2D eigenvalue weighted by Gasteiger charge is 2.40. The van der Waals surface area contributed by atoms with Crippen molar-refractivity contribution in [1.29, 1.82) is 0 Å². The minimum absolute atomic E-state index is 0.0513. The number of methoxy groups -OCH3 is 2. The fourth-order valence-corrected chi connectivity index (χ4v) is 4.28. The average Bonchev–Trinajstić information content (AvgIpc) is 3.10. The number of ether oxygens (including phenoxy) is 2. The van der Waals surface area contributed by atoms with Crippen LogP contribution >= 0.6 is 0 Å². The summed E-state index contributed by atoms with van der Waals surface area (Å²) in [5.41, 5.74) is 0.486. The summed E-state index contributed by atoms with van der Waals surface area (Å²) in [5.74, 6) is 1.21. The maximum Gasteiger partial charge on any atom is 0.261 e. The second kappa shape index (κ2) is 7.43. The van der Waals surface area contributed by atoms with Gasteiger partial charge in [-0.2, -0.15) is 0 Å². The smallest absolute Gasteiger partial charge is 0.261 e. The molecule has 24 heavy (non-hydrogen) atoms.